The van der Waals surface area contributed by atoms with Crippen molar-refractivity contribution in [1.29, 1.82) is 0 Å². The average molecular weight is 190 g/mol. The summed E-state index contributed by atoms with van der Waals surface area (Å²) in [5.41, 5.74) is -0.0363. The number of hydrogen-bond acceptors (Lipinski definition) is 3. The van der Waals surface area contributed by atoms with Gasteiger partial charge in [-0.1, -0.05) is 0 Å². The first-order chi connectivity index (χ1) is 5.24. The molecule has 0 aliphatic rings. The maximum Gasteiger partial charge on any atom is 0.340 e. The molecule has 0 N–H and O–H groups in total. The van der Waals surface area contributed by atoms with Gasteiger partial charge in [-0.25, -0.2) is 0 Å². The summed E-state index contributed by atoms with van der Waals surface area (Å²) in [5.74, 6) is 0. The van der Waals surface area contributed by atoms with Crippen molar-refractivity contribution < 1.29 is 4.43 Å². The third kappa shape index (κ3) is 4.87. The molecule has 12 heavy (non-hydrogen) atoms. The smallest absolute Gasteiger partial charge is 0.340 e. The molecule has 0 aliphatic carbocycles. The SMILES string of the molecule is CN(C)[SiH](OC(C)(C)C)N(C)C. The lowest BCUT2D eigenvalue weighted by atomic mass is 10.2. The lowest BCUT2D eigenvalue weighted by molar-refractivity contribution is 0.0945. The van der Waals surface area contributed by atoms with Crippen LogP contribution in [-0.2, 0) is 4.43 Å². The van der Waals surface area contributed by atoms with Gasteiger partial charge in [-0.15, -0.1) is 0 Å². The Kier molecular flexibility index (Phi) is 4.40. The molecule has 0 saturated carbocycles. The molecule has 0 radical (unpaired) electrons. The molecule has 0 bridgehead atoms. The van der Waals surface area contributed by atoms with Crippen LogP contribution in [0.5, 0.6) is 0 Å². The number of nitrogens with zero attached hydrogens (tertiary/aromatic N) is 2. The fraction of sp³-hybridized carbons (Fsp3) is 1.00. The van der Waals surface area contributed by atoms with Crippen molar-refractivity contribution >= 4 is 9.36 Å². The van der Waals surface area contributed by atoms with Gasteiger partial charge in [0.15, 0.2) is 0 Å². The first kappa shape index (κ1) is 12.1. The standard InChI is InChI=1S/C8H22N2OSi/c1-8(2,3)11-12(9(4)5)10(6)7/h12H,1-7H3. The van der Waals surface area contributed by atoms with Gasteiger partial charge in [0.05, 0.1) is 5.60 Å². The Morgan fingerprint density at radius 2 is 1.25 bits per heavy atom. The van der Waals surface area contributed by atoms with Crippen molar-refractivity contribution in [2.24, 2.45) is 0 Å². The quantitative estimate of drug-likeness (QED) is 0.608. The molecular formula is C8H22N2OSi. The fourth-order valence-electron chi connectivity index (χ4n) is 0.989. The largest absolute Gasteiger partial charge is 0.389 e. The molecule has 0 spiro atoms. The van der Waals surface area contributed by atoms with Crippen molar-refractivity contribution in [1.82, 2.24) is 9.13 Å². The van der Waals surface area contributed by atoms with Crippen LogP contribution in [0.1, 0.15) is 20.8 Å². The molecule has 0 aromatic rings. The number of rotatable bonds is 3. The van der Waals surface area contributed by atoms with Crippen LogP contribution in [0.4, 0.5) is 0 Å². The second-order valence-corrected chi connectivity index (χ2v) is 7.44. The van der Waals surface area contributed by atoms with Gasteiger partial charge < -0.3 is 4.43 Å². The highest BCUT2D eigenvalue weighted by Gasteiger charge is 2.24. The van der Waals surface area contributed by atoms with Crippen molar-refractivity contribution in [3.05, 3.63) is 0 Å². The molecule has 0 aromatic heterocycles. The molecule has 0 heterocycles. The first-order valence-corrected chi connectivity index (χ1v) is 5.75. The number of hydrogen-bond donors (Lipinski definition) is 0. The highest BCUT2D eigenvalue weighted by molar-refractivity contribution is 6.45. The molecule has 0 aromatic carbocycles. The van der Waals surface area contributed by atoms with Crippen LogP contribution in [0, 0.1) is 0 Å². The summed E-state index contributed by atoms with van der Waals surface area (Å²) in [6.07, 6.45) is 0. The molecule has 0 unspecified atom stereocenters. The highest BCUT2D eigenvalue weighted by atomic mass is 28.3. The summed E-state index contributed by atoms with van der Waals surface area (Å²) in [4.78, 5) is 0. The van der Waals surface area contributed by atoms with Crippen LogP contribution in [0.15, 0.2) is 0 Å². The van der Waals surface area contributed by atoms with Crippen LogP contribution >= 0.6 is 0 Å². The van der Waals surface area contributed by atoms with Crippen molar-refractivity contribution in [3.8, 4) is 0 Å². The van der Waals surface area contributed by atoms with E-state index in [0.29, 0.717) is 0 Å². The Balaban J connectivity index is 4.15. The van der Waals surface area contributed by atoms with Crippen LogP contribution in [0.25, 0.3) is 0 Å². The van der Waals surface area contributed by atoms with Crippen molar-refractivity contribution in [2.75, 3.05) is 28.2 Å². The molecular weight excluding hydrogens is 168 g/mol. The van der Waals surface area contributed by atoms with E-state index in [2.05, 4.69) is 58.1 Å². The Morgan fingerprint density at radius 1 is 0.917 bits per heavy atom. The second kappa shape index (κ2) is 4.37. The summed E-state index contributed by atoms with van der Waals surface area (Å²) in [7, 11) is 6.95. The van der Waals surface area contributed by atoms with Crippen LogP contribution in [0.3, 0.4) is 0 Å². The van der Waals surface area contributed by atoms with Gasteiger partial charge >= 0.3 is 9.36 Å². The van der Waals surface area contributed by atoms with Gasteiger partial charge in [0.2, 0.25) is 0 Å². The minimum absolute atomic E-state index is 0.0363. The molecule has 3 nitrogen and oxygen atoms in total. The van der Waals surface area contributed by atoms with E-state index in [4.69, 9.17) is 4.43 Å². The maximum atomic E-state index is 5.95. The van der Waals surface area contributed by atoms with E-state index < -0.39 is 9.36 Å². The normalized spacial score (nSPS) is 13.5. The monoisotopic (exact) mass is 190 g/mol. The van der Waals surface area contributed by atoms with Crippen LogP contribution in [0.2, 0.25) is 0 Å². The van der Waals surface area contributed by atoms with Gasteiger partial charge in [0, 0.05) is 0 Å². The van der Waals surface area contributed by atoms with E-state index in [0.717, 1.165) is 0 Å². The Hall–Kier alpha value is 0.0969. The molecule has 0 aliphatic heterocycles. The predicted octanol–water partition coefficient (Wildman–Crippen LogP) is 0.642. The zero-order valence-corrected chi connectivity index (χ0v) is 10.5. The third-order valence-corrected chi connectivity index (χ3v) is 4.03. The molecule has 0 atom stereocenters. The summed E-state index contributed by atoms with van der Waals surface area (Å²) in [6.45, 7) is 6.29. The molecule has 4 heteroatoms. The first-order valence-electron chi connectivity index (χ1n) is 4.25. The lowest BCUT2D eigenvalue weighted by Crippen LogP contribution is -2.51. The minimum Gasteiger partial charge on any atom is -0.389 e. The van der Waals surface area contributed by atoms with Gasteiger partial charge in [0.1, 0.15) is 0 Å². The van der Waals surface area contributed by atoms with E-state index in [-0.39, 0.29) is 5.60 Å². The van der Waals surface area contributed by atoms with E-state index in [9.17, 15) is 0 Å². The van der Waals surface area contributed by atoms with E-state index >= 15 is 0 Å². The van der Waals surface area contributed by atoms with Crippen molar-refractivity contribution in [3.63, 3.8) is 0 Å². The Labute approximate surface area is 78.2 Å². The Morgan fingerprint density at radius 3 is 1.33 bits per heavy atom. The summed E-state index contributed by atoms with van der Waals surface area (Å²) in [5, 5.41) is 0. The predicted molar refractivity (Wildman–Crippen MR) is 55.4 cm³/mol. The van der Waals surface area contributed by atoms with E-state index in [1.807, 2.05) is 0 Å². The highest BCUT2D eigenvalue weighted by Crippen LogP contribution is 2.10. The topological polar surface area (TPSA) is 15.7 Å². The maximum absolute atomic E-state index is 5.95. The van der Waals surface area contributed by atoms with Crippen molar-refractivity contribution in [2.45, 2.75) is 26.4 Å². The summed E-state index contributed by atoms with van der Waals surface area (Å²) < 4.78 is 10.3. The molecule has 74 valence electrons. The average Bonchev–Trinajstić information content (AvgIpc) is 1.79. The zero-order chi connectivity index (χ0) is 9.94. The van der Waals surface area contributed by atoms with Gasteiger partial charge in [-0.2, -0.15) is 0 Å². The summed E-state index contributed by atoms with van der Waals surface area (Å²) >= 11 is 0. The van der Waals surface area contributed by atoms with Gasteiger partial charge in [0.25, 0.3) is 0 Å². The molecule has 0 fully saturated rings. The lowest BCUT2D eigenvalue weighted by Gasteiger charge is -2.34. The zero-order valence-electron chi connectivity index (χ0n) is 9.38. The minimum atomic E-state index is -1.34. The third-order valence-electron chi connectivity index (χ3n) is 1.34. The molecule has 0 amide bonds. The van der Waals surface area contributed by atoms with Crippen LogP contribution in [-0.4, -0.2) is 52.3 Å². The second-order valence-electron chi connectivity index (χ2n) is 4.48. The fourth-order valence-corrected chi connectivity index (χ4v) is 2.97. The molecule has 0 saturated heterocycles. The van der Waals surface area contributed by atoms with E-state index in [1.165, 1.54) is 0 Å². The molecule has 0 rings (SSSR count). The van der Waals surface area contributed by atoms with E-state index in [1.54, 1.807) is 0 Å². The summed E-state index contributed by atoms with van der Waals surface area (Å²) in [6, 6.07) is 0. The van der Waals surface area contributed by atoms with Gasteiger partial charge in [-0.3, -0.25) is 9.13 Å². The van der Waals surface area contributed by atoms with Crippen LogP contribution < -0.4 is 0 Å². The van der Waals surface area contributed by atoms with Gasteiger partial charge in [-0.05, 0) is 49.0 Å². The Bertz CT molecular complexity index is 124.